The fraction of sp³-hybridized carbons (Fsp3) is 0.208. The van der Waals surface area contributed by atoms with Gasteiger partial charge in [-0.05, 0) is 43.7 Å². The lowest BCUT2D eigenvalue weighted by Gasteiger charge is -2.13. The highest BCUT2D eigenvalue weighted by atomic mass is 16.5. The number of amides is 1. The van der Waals surface area contributed by atoms with Crippen molar-refractivity contribution in [1.82, 2.24) is 0 Å². The van der Waals surface area contributed by atoms with Gasteiger partial charge in [-0.3, -0.25) is 4.79 Å². The van der Waals surface area contributed by atoms with Crippen LogP contribution in [0.3, 0.4) is 0 Å². The molecule has 29 heavy (non-hydrogen) atoms. The van der Waals surface area contributed by atoms with Crippen LogP contribution in [0.1, 0.15) is 29.8 Å². The van der Waals surface area contributed by atoms with Crippen molar-refractivity contribution in [1.29, 1.82) is 0 Å². The maximum atomic E-state index is 12.8. The van der Waals surface area contributed by atoms with E-state index in [1.807, 2.05) is 62.4 Å². The summed E-state index contributed by atoms with van der Waals surface area (Å²) in [6, 6.07) is 22.5. The molecule has 0 aliphatic rings. The van der Waals surface area contributed by atoms with Gasteiger partial charge in [0.05, 0.1) is 18.8 Å². The molecule has 0 aromatic heterocycles. The van der Waals surface area contributed by atoms with Crippen LogP contribution in [-0.2, 0) is 6.61 Å². The quantitative estimate of drug-likeness (QED) is 0.537. The van der Waals surface area contributed by atoms with E-state index in [-0.39, 0.29) is 5.91 Å². The van der Waals surface area contributed by atoms with E-state index in [9.17, 15) is 4.79 Å². The third-order valence-electron chi connectivity index (χ3n) is 4.15. The van der Waals surface area contributed by atoms with Gasteiger partial charge in [0.2, 0.25) is 0 Å². The molecule has 0 atom stereocenters. The lowest BCUT2D eigenvalue weighted by atomic mass is 10.1. The molecule has 0 fully saturated rings. The van der Waals surface area contributed by atoms with Gasteiger partial charge in [-0.25, -0.2) is 0 Å². The van der Waals surface area contributed by atoms with Gasteiger partial charge in [-0.2, -0.15) is 0 Å². The molecule has 0 heterocycles. The lowest BCUT2D eigenvalue weighted by Crippen LogP contribution is -2.14. The van der Waals surface area contributed by atoms with Crippen LogP contribution < -0.4 is 19.5 Å². The Morgan fingerprint density at radius 2 is 1.55 bits per heavy atom. The van der Waals surface area contributed by atoms with E-state index in [4.69, 9.17) is 14.2 Å². The van der Waals surface area contributed by atoms with Crippen LogP contribution in [0, 0.1) is 0 Å². The molecule has 5 heteroatoms. The van der Waals surface area contributed by atoms with E-state index in [1.165, 1.54) is 0 Å². The first-order valence-electron chi connectivity index (χ1n) is 9.67. The van der Waals surface area contributed by atoms with Gasteiger partial charge in [0.15, 0.2) is 0 Å². The average molecular weight is 391 g/mol. The normalized spacial score (nSPS) is 10.3. The van der Waals surface area contributed by atoms with Gasteiger partial charge in [0.1, 0.15) is 23.9 Å². The summed E-state index contributed by atoms with van der Waals surface area (Å²) in [5.41, 5.74) is 2.18. The number of anilines is 1. The largest absolute Gasteiger partial charge is 0.494 e. The minimum Gasteiger partial charge on any atom is -0.494 e. The van der Waals surface area contributed by atoms with Crippen LogP contribution in [0.5, 0.6) is 17.2 Å². The molecular weight excluding hydrogens is 366 g/mol. The maximum Gasteiger partial charge on any atom is 0.259 e. The predicted molar refractivity (Wildman–Crippen MR) is 114 cm³/mol. The summed E-state index contributed by atoms with van der Waals surface area (Å²) in [5, 5.41) is 2.91. The number of carbonyl (C=O) groups excluding carboxylic acids is 1. The Balaban J connectivity index is 1.70. The van der Waals surface area contributed by atoms with Gasteiger partial charge in [-0.15, -0.1) is 0 Å². The molecule has 150 valence electrons. The van der Waals surface area contributed by atoms with Crippen LogP contribution >= 0.6 is 0 Å². The third-order valence-corrected chi connectivity index (χ3v) is 4.15. The fourth-order valence-electron chi connectivity index (χ4n) is 2.82. The van der Waals surface area contributed by atoms with Crippen molar-refractivity contribution in [3.05, 3.63) is 83.9 Å². The van der Waals surface area contributed by atoms with Crippen LogP contribution in [0.25, 0.3) is 0 Å². The molecule has 1 amide bonds. The Bertz CT molecular complexity index is 941. The molecule has 5 nitrogen and oxygen atoms in total. The molecule has 3 rings (SSSR count). The molecule has 0 unspecified atom stereocenters. The number of rotatable bonds is 9. The maximum absolute atomic E-state index is 12.8. The smallest absolute Gasteiger partial charge is 0.259 e. The van der Waals surface area contributed by atoms with Gasteiger partial charge in [-0.1, -0.05) is 36.4 Å². The first-order chi connectivity index (χ1) is 14.2. The molecule has 0 spiro atoms. The highest BCUT2D eigenvalue weighted by Crippen LogP contribution is 2.27. The van der Waals surface area contributed by atoms with Gasteiger partial charge >= 0.3 is 0 Å². The molecule has 0 saturated carbocycles. The summed E-state index contributed by atoms with van der Waals surface area (Å²) in [6.45, 7) is 5.26. The summed E-state index contributed by atoms with van der Waals surface area (Å²) in [4.78, 5) is 12.8. The van der Waals surface area contributed by atoms with Crippen molar-refractivity contribution in [2.45, 2.75) is 20.5 Å². The van der Waals surface area contributed by atoms with Gasteiger partial charge < -0.3 is 19.5 Å². The minimum atomic E-state index is -0.253. The number of nitrogens with one attached hydrogen (secondary N) is 1. The Kier molecular flexibility index (Phi) is 7.11. The predicted octanol–water partition coefficient (Wildman–Crippen LogP) is 5.32. The molecule has 0 aliphatic heterocycles. The second-order valence-corrected chi connectivity index (χ2v) is 6.28. The minimum absolute atomic E-state index is 0.253. The zero-order valence-corrected chi connectivity index (χ0v) is 16.7. The Morgan fingerprint density at radius 3 is 2.31 bits per heavy atom. The lowest BCUT2D eigenvalue weighted by molar-refractivity contribution is 0.102. The number of ether oxygens (including phenoxy) is 3. The van der Waals surface area contributed by atoms with Crippen molar-refractivity contribution in [2.75, 3.05) is 18.5 Å². The zero-order valence-electron chi connectivity index (χ0n) is 16.7. The van der Waals surface area contributed by atoms with Gasteiger partial charge in [0.25, 0.3) is 5.91 Å². The van der Waals surface area contributed by atoms with Crippen molar-refractivity contribution >= 4 is 11.6 Å². The van der Waals surface area contributed by atoms with Crippen LogP contribution in [-0.4, -0.2) is 19.1 Å². The van der Waals surface area contributed by atoms with E-state index in [1.54, 1.807) is 24.3 Å². The zero-order chi connectivity index (χ0) is 20.5. The number of benzene rings is 3. The van der Waals surface area contributed by atoms with Crippen molar-refractivity contribution in [2.24, 2.45) is 0 Å². The van der Waals surface area contributed by atoms with E-state index in [0.717, 1.165) is 5.56 Å². The molecule has 3 aromatic carbocycles. The highest BCUT2D eigenvalue weighted by molar-refractivity contribution is 6.06. The molecular formula is C24H25NO4. The first-order valence-corrected chi connectivity index (χ1v) is 9.67. The number of carbonyl (C=O) groups is 1. The van der Waals surface area contributed by atoms with Crippen molar-refractivity contribution < 1.29 is 19.0 Å². The summed E-state index contributed by atoms with van der Waals surface area (Å²) in [7, 11) is 0. The standard InChI is InChI=1S/C24H25NO4/c1-3-27-21-13-14-22(23(16-21)28-4-2)24(26)25-19-11-8-12-20(15-19)29-17-18-9-6-5-7-10-18/h5-16H,3-4,17H2,1-2H3,(H,25,26). The van der Waals surface area contributed by atoms with Crippen molar-refractivity contribution in [3.63, 3.8) is 0 Å². The second kappa shape index (κ2) is 10.2. The van der Waals surface area contributed by atoms with E-state index in [2.05, 4.69) is 5.32 Å². The monoisotopic (exact) mass is 391 g/mol. The highest BCUT2D eigenvalue weighted by Gasteiger charge is 2.14. The third kappa shape index (κ3) is 5.75. The summed E-state index contributed by atoms with van der Waals surface area (Å²) < 4.78 is 17.0. The Hall–Kier alpha value is -3.47. The van der Waals surface area contributed by atoms with E-state index in [0.29, 0.717) is 48.3 Å². The van der Waals surface area contributed by atoms with Crippen LogP contribution in [0.4, 0.5) is 5.69 Å². The SMILES string of the molecule is CCOc1ccc(C(=O)Nc2cccc(OCc3ccccc3)c2)c(OCC)c1. The topological polar surface area (TPSA) is 56.8 Å². The fourth-order valence-corrected chi connectivity index (χ4v) is 2.82. The molecule has 0 aliphatic carbocycles. The van der Waals surface area contributed by atoms with E-state index >= 15 is 0 Å². The summed E-state index contributed by atoms with van der Waals surface area (Å²) >= 11 is 0. The Morgan fingerprint density at radius 1 is 0.793 bits per heavy atom. The van der Waals surface area contributed by atoms with Gasteiger partial charge in [0, 0.05) is 17.8 Å². The second-order valence-electron chi connectivity index (χ2n) is 6.28. The van der Waals surface area contributed by atoms with Crippen LogP contribution in [0.15, 0.2) is 72.8 Å². The molecule has 3 aromatic rings. The Labute approximate surface area is 171 Å². The average Bonchev–Trinajstić information content (AvgIpc) is 2.74. The first kappa shape index (κ1) is 20.3. The molecule has 0 saturated heterocycles. The van der Waals surface area contributed by atoms with Crippen LogP contribution in [0.2, 0.25) is 0 Å². The molecule has 0 radical (unpaired) electrons. The van der Waals surface area contributed by atoms with E-state index < -0.39 is 0 Å². The molecule has 0 bridgehead atoms. The summed E-state index contributed by atoms with van der Waals surface area (Å²) in [6.07, 6.45) is 0. The number of hydrogen-bond donors (Lipinski definition) is 1. The van der Waals surface area contributed by atoms with Crippen molar-refractivity contribution in [3.8, 4) is 17.2 Å². The molecule has 1 N–H and O–H groups in total. The summed E-state index contributed by atoms with van der Waals surface area (Å²) in [5.74, 6) is 1.59. The number of hydrogen-bond acceptors (Lipinski definition) is 4.